The van der Waals surface area contributed by atoms with Crippen LogP contribution in [0.4, 0.5) is 0 Å². The van der Waals surface area contributed by atoms with Crippen LogP contribution in [-0.4, -0.2) is 59.9 Å². The van der Waals surface area contributed by atoms with E-state index in [-0.39, 0.29) is 25.2 Å². The van der Waals surface area contributed by atoms with E-state index < -0.39 is 18.3 Å². The lowest BCUT2D eigenvalue weighted by molar-refractivity contribution is -0.171. The molecule has 5 atom stereocenters. The molecule has 1 aliphatic rings. The molecule has 0 radical (unpaired) electrons. The molecule has 3 unspecified atom stereocenters. The SMILES string of the molecule is CN[C@@H]1C(CO)OC(CO)[C@@H](C)C1O. The highest BCUT2D eigenvalue weighted by molar-refractivity contribution is 4.93. The molecule has 5 nitrogen and oxygen atoms in total. The van der Waals surface area contributed by atoms with Gasteiger partial charge in [0.15, 0.2) is 0 Å². The Kier molecular flexibility index (Phi) is 4.28. The minimum absolute atomic E-state index is 0.134. The number of ether oxygens (including phenoxy) is 1. The van der Waals surface area contributed by atoms with E-state index in [4.69, 9.17) is 14.9 Å². The zero-order valence-corrected chi connectivity index (χ0v) is 8.55. The van der Waals surface area contributed by atoms with Gasteiger partial charge in [-0.25, -0.2) is 0 Å². The lowest BCUT2D eigenvalue weighted by Gasteiger charge is -2.42. The van der Waals surface area contributed by atoms with E-state index >= 15 is 0 Å². The number of nitrogens with one attached hydrogen (secondary N) is 1. The van der Waals surface area contributed by atoms with Gasteiger partial charge in [0, 0.05) is 5.92 Å². The van der Waals surface area contributed by atoms with E-state index in [2.05, 4.69) is 5.32 Å². The minimum Gasteiger partial charge on any atom is -0.394 e. The summed E-state index contributed by atoms with van der Waals surface area (Å²) in [5, 5.41) is 30.9. The largest absolute Gasteiger partial charge is 0.394 e. The second-order valence-corrected chi connectivity index (χ2v) is 3.74. The van der Waals surface area contributed by atoms with Gasteiger partial charge >= 0.3 is 0 Å². The van der Waals surface area contributed by atoms with E-state index in [1.165, 1.54) is 0 Å². The van der Waals surface area contributed by atoms with Crippen molar-refractivity contribution in [3.63, 3.8) is 0 Å². The molecule has 84 valence electrons. The maximum atomic E-state index is 9.88. The van der Waals surface area contributed by atoms with E-state index in [0.717, 1.165) is 0 Å². The number of likely N-dealkylation sites (N-methyl/N-ethyl adjacent to an activating group) is 1. The van der Waals surface area contributed by atoms with Crippen LogP contribution < -0.4 is 5.32 Å². The molecule has 0 aromatic rings. The van der Waals surface area contributed by atoms with E-state index in [0.29, 0.717) is 0 Å². The van der Waals surface area contributed by atoms with Crippen LogP contribution in [-0.2, 0) is 4.74 Å². The summed E-state index contributed by atoms with van der Waals surface area (Å²) in [6.07, 6.45) is -1.46. The summed E-state index contributed by atoms with van der Waals surface area (Å²) in [6, 6.07) is -0.280. The van der Waals surface area contributed by atoms with Crippen molar-refractivity contribution >= 4 is 0 Å². The van der Waals surface area contributed by atoms with Gasteiger partial charge in [-0.2, -0.15) is 0 Å². The van der Waals surface area contributed by atoms with Crippen molar-refractivity contribution in [3.05, 3.63) is 0 Å². The Balaban J connectivity index is 2.71. The zero-order chi connectivity index (χ0) is 10.7. The number of hydrogen-bond donors (Lipinski definition) is 4. The summed E-state index contributed by atoms with van der Waals surface area (Å²) >= 11 is 0. The van der Waals surface area contributed by atoms with Crippen molar-refractivity contribution in [3.8, 4) is 0 Å². The highest BCUT2D eigenvalue weighted by atomic mass is 16.5. The first-order chi connectivity index (χ1) is 6.65. The fourth-order valence-corrected chi connectivity index (χ4v) is 1.92. The van der Waals surface area contributed by atoms with Crippen molar-refractivity contribution in [1.29, 1.82) is 0 Å². The maximum Gasteiger partial charge on any atom is 0.0988 e. The van der Waals surface area contributed by atoms with Crippen molar-refractivity contribution in [2.75, 3.05) is 20.3 Å². The fourth-order valence-electron chi connectivity index (χ4n) is 1.92. The Hall–Kier alpha value is -0.200. The molecular formula is C9H19NO4. The Labute approximate surface area is 83.7 Å². The standard InChI is InChI=1S/C9H19NO4/c1-5-6(3-11)14-7(4-12)8(10-2)9(5)13/h5-13H,3-4H2,1-2H3/t5-,6?,7?,8-,9?/m1/s1. The molecule has 0 aliphatic carbocycles. The predicted octanol–water partition coefficient (Wildman–Crippen LogP) is -1.68. The molecule has 0 spiro atoms. The third-order valence-electron chi connectivity index (χ3n) is 2.94. The van der Waals surface area contributed by atoms with Crippen molar-refractivity contribution < 1.29 is 20.1 Å². The molecule has 1 saturated heterocycles. The van der Waals surface area contributed by atoms with Gasteiger partial charge in [-0.1, -0.05) is 6.92 Å². The third kappa shape index (κ3) is 2.07. The highest BCUT2D eigenvalue weighted by Gasteiger charge is 2.41. The van der Waals surface area contributed by atoms with Gasteiger partial charge in [-0.15, -0.1) is 0 Å². The molecule has 14 heavy (non-hydrogen) atoms. The average Bonchev–Trinajstić information content (AvgIpc) is 2.21. The van der Waals surface area contributed by atoms with Crippen LogP contribution in [0.5, 0.6) is 0 Å². The Morgan fingerprint density at radius 1 is 1.21 bits per heavy atom. The Morgan fingerprint density at radius 3 is 2.21 bits per heavy atom. The molecule has 0 amide bonds. The zero-order valence-electron chi connectivity index (χ0n) is 8.55. The molecular weight excluding hydrogens is 186 g/mol. The van der Waals surface area contributed by atoms with Gasteiger partial charge in [-0.3, -0.25) is 0 Å². The monoisotopic (exact) mass is 205 g/mol. The molecule has 4 N–H and O–H groups in total. The molecule has 5 heteroatoms. The summed E-state index contributed by atoms with van der Waals surface area (Å²) in [5.74, 6) is -0.139. The number of aliphatic hydroxyl groups excluding tert-OH is 3. The first kappa shape index (κ1) is 11.9. The summed E-state index contributed by atoms with van der Waals surface area (Å²) in [7, 11) is 1.71. The molecule has 0 saturated carbocycles. The third-order valence-corrected chi connectivity index (χ3v) is 2.94. The van der Waals surface area contributed by atoms with E-state index in [1.807, 2.05) is 6.92 Å². The Bertz CT molecular complexity index is 176. The number of aliphatic hydroxyl groups is 3. The van der Waals surface area contributed by atoms with Gasteiger partial charge < -0.3 is 25.4 Å². The first-order valence-corrected chi connectivity index (χ1v) is 4.88. The molecule has 0 aromatic heterocycles. The molecule has 0 bridgehead atoms. The van der Waals surface area contributed by atoms with Crippen LogP contribution in [0.15, 0.2) is 0 Å². The quantitative estimate of drug-likeness (QED) is 0.442. The van der Waals surface area contributed by atoms with Crippen LogP contribution in [0, 0.1) is 5.92 Å². The van der Waals surface area contributed by atoms with Gasteiger partial charge in [-0.05, 0) is 7.05 Å². The topological polar surface area (TPSA) is 82.0 Å². The second kappa shape index (κ2) is 5.04. The summed E-state index contributed by atoms with van der Waals surface area (Å²) in [6.45, 7) is 1.53. The maximum absolute atomic E-state index is 9.88. The van der Waals surface area contributed by atoms with Crippen molar-refractivity contribution in [1.82, 2.24) is 5.32 Å². The lowest BCUT2D eigenvalue weighted by Crippen LogP contribution is -2.60. The first-order valence-electron chi connectivity index (χ1n) is 4.88. The lowest BCUT2D eigenvalue weighted by atomic mass is 9.87. The molecule has 1 heterocycles. The van der Waals surface area contributed by atoms with Crippen LogP contribution in [0.1, 0.15) is 6.92 Å². The summed E-state index contributed by atoms with van der Waals surface area (Å²) in [4.78, 5) is 0. The van der Waals surface area contributed by atoms with Crippen molar-refractivity contribution in [2.24, 2.45) is 5.92 Å². The smallest absolute Gasteiger partial charge is 0.0988 e. The minimum atomic E-state index is -0.608. The normalized spacial score (nSPS) is 43.9. The van der Waals surface area contributed by atoms with Gasteiger partial charge in [0.25, 0.3) is 0 Å². The van der Waals surface area contributed by atoms with Crippen LogP contribution >= 0.6 is 0 Å². The fraction of sp³-hybridized carbons (Fsp3) is 1.00. The van der Waals surface area contributed by atoms with E-state index in [9.17, 15) is 5.11 Å². The second-order valence-electron chi connectivity index (χ2n) is 3.74. The Morgan fingerprint density at radius 2 is 1.79 bits per heavy atom. The van der Waals surface area contributed by atoms with Crippen LogP contribution in [0.25, 0.3) is 0 Å². The molecule has 1 fully saturated rings. The molecule has 1 rings (SSSR count). The molecule has 1 aliphatic heterocycles. The molecule has 0 aromatic carbocycles. The average molecular weight is 205 g/mol. The predicted molar refractivity (Wildman–Crippen MR) is 50.9 cm³/mol. The number of rotatable bonds is 3. The highest BCUT2D eigenvalue weighted by Crippen LogP contribution is 2.25. The van der Waals surface area contributed by atoms with Crippen molar-refractivity contribution in [2.45, 2.75) is 31.3 Å². The van der Waals surface area contributed by atoms with Gasteiger partial charge in [0.05, 0.1) is 37.6 Å². The number of hydrogen-bond acceptors (Lipinski definition) is 5. The summed E-state index contributed by atoms with van der Waals surface area (Å²) < 4.78 is 5.45. The van der Waals surface area contributed by atoms with Crippen LogP contribution in [0.3, 0.4) is 0 Å². The van der Waals surface area contributed by atoms with Gasteiger partial charge in [0.2, 0.25) is 0 Å². The van der Waals surface area contributed by atoms with Gasteiger partial charge in [0.1, 0.15) is 0 Å². The van der Waals surface area contributed by atoms with Crippen LogP contribution in [0.2, 0.25) is 0 Å². The van der Waals surface area contributed by atoms with E-state index in [1.54, 1.807) is 7.05 Å². The summed E-state index contributed by atoms with van der Waals surface area (Å²) in [5.41, 5.74) is 0.